The van der Waals surface area contributed by atoms with Crippen LogP contribution in [-0.2, 0) is 6.42 Å². The zero-order valence-electron chi connectivity index (χ0n) is 13.7. The number of hydrogen-bond acceptors (Lipinski definition) is 3. The van der Waals surface area contributed by atoms with E-state index >= 15 is 0 Å². The average molecular weight is 311 g/mol. The van der Waals surface area contributed by atoms with Crippen molar-refractivity contribution in [1.82, 2.24) is 4.90 Å². The zero-order chi connectivity index (χ0) is 16.4. The summed E-state index contributed by atoms with van der Waals surface area (Å²) in [5, 5.41) is 0. The van der Waals surface area contributed by atoms with Gasteiger partial charge in [0.15, 0.2) is 11.5 Å². The first-order valence-electron chi connectivity index (χ1n) is 7.73. The molecular weight excluding hydrogens is 290 g/mol. The summed E-state index contributed by atoms with van der Waals surface area (Å²) in [6.07, 6.45) is 1.96. The summed E-state index contributed by atoms with van der Waals surface area (Å²) in [4.78, 5) is 14.8. The Morgan fingerprint density at radius 2 is 1.87 bits per heavy atom. The summed E-state index contributed by atoms with van der Waals surface area (Å²) in [5.74, 6) is 0.999. The van der Waals surface area contributed by atoms with Crippen molar-refractivity contribution in [3.63, 3.8) is 0 Å². The van der Waals surface area contributed by atoms with Crippen molar-refractivity contribution >= 4 is 5.91 Å². The smallest absolute Gasteiger partial charge is 0.258 e. The van der Waals surface area contributed by atoms with Gasteiger partial charge in [-0.2, -0.15) is 0 Å². The second kappa shape index (κ2) is 6.32. The number of carbonyl (C=O) groups is 1. The van der Waals surface area contributed by atoms with E-state index in [0.29, 0.717) is 17.1 Å². The van der Waals surface area contributed by atoms with Crippen LogP contribution in [0.25, 0.3) is 0 Å². The first-order chi connectivity index (χ1) is 11.2. The lowest BCUT2D eigenvalue weighted by Gasteiger charge is -2.26. The standard InChI is InChI=1S/C19H21NO3/c1-20(16-12-11-13-7-4-5-8-14(13)16)19(21)15-9-6-10-17(22-2)18(15)23-3/h4-10,16H,11-12H2,1-3H3. The van der Waals surface area contributed by atoms with E-state index in [9.17, 15) is 4.79 Å². The zero-order valence-corrected chi connectivity index (χ0v) is 13.7. The van der Waals surface area contributed by atoms with E-state index in [4.69, 9.17) is 9.47 Å². The molecule has 4 heteroatoms. The minimum absolute atomic E-state index is 0.0533. The fourth-order valence-electron chi connectivity index (χ4n) is 3.32. The van der Waals surface area contributed by atoms with E-state index in [2.05, 4.69) is 12.1 Å². The number of aryl methyl sites for hydroxylation is 1. The summed E-state index contributed by atoms with van der Waals surface area (Å²) in [6.45, 7) is 0. The molecule has 23 heavy (non-hydrogen) atoms. The number of hydrogen-bond donors (Lipinski definition) is 0. The van der Waals surface area contributed by atoms with Gasteiger partial charge in [0.2, 0.25) is 0 Å². The molecule has 0 aromatic heterocycles. The van der Waals surface area contributed by atoms with Gasteiger partial charge in [0.1, 0.15) is 0 Å². The minimum Gasteiger partial charge on any atom is -0.493 e. The van der Waals surface area contributed by atoms with Crippen LogP contribution in [0.5, 0.6) is 11.5 Å². The van der Waals surface area contributed by atoms with Gasteiger partial charge in [0, 0.05) is 7.05 Å². The van der Waals surface area contributed by atoms with Crippen molar-refractivity contribution in [2.24, 2.45) is 0 Å². The number of nitrogens with zero attached hydrogens (tertiary/aromatic N) is 1. The molecule has 0 spiro atoms. The summed E-state index contributed by atoms with van der Waals surface area (Å²) < 4.78 is 10.7. The molecule has 0 bridgehead atoms. The number of para-hydroxylation sites is 1. The van der Waals surface area contributed by atoms with E-state index in [-0.39, 0.29) is 11.9 Å². The lowest BCUT2D eigenvalue weighted by atomic mass is 10.1. The number of methoxy groups -OCH3 is 2. The number of fused-ring (bicyclic) bond motifs is 1. The Labute approximate surface area is 136 Å². The molecule has 0 N–H and O–H groups in total. The topological polar surface area (TPSA) is 38.8 Å². The van der Waals surface area contributed by atoms with E-state index < -0.39 is 0 Å². The molecule has 2 aromatic carbocycles. The number of carbonyl (C=O) groups excluding carboxylic acids is 1. The first kappa shape index (κ1) is 15.4. The molecule has 0 saturated carbocycles. The highest BCUT2D eigenvalue weighted by molar-refractivity contribution is 5.98. The second-order valence-electron chi connectivity index (χ2n) is 5.71. The maximum absolute atomic E-state index is 13.0. The fourth-order valence-corrected chi connectivity index (χ4v) is 3.32. The summed E-state index contributed by atoms with van der Waals surface area (Å²) in [7, 11) is 4.98. The van der Waals surface area contributed by atoms with Crippen molar-refractivity contribution in [1.29, 1.82) is 0 Å². The van der Waals surface area contributed by atoms with Gasteiger partial charge in [-0.15, -0.1) is 0 Å². The number of rotatable bonds is 4. The largest absolute Gasteiger partial charge is 0.493 e. The number of ether oxygens (including phenoxy) is 2. The average Bonchev–Trinajstić information content (AvgIpc) is 3.03. The highest BCUT2D eigenvalue weighted by Gasteiger charge is 2.30. The predicted molar refractivity (Wildman–Crippen MR) is 89.1 cm³/mol. The lowest BCUT2D eigenvalue weighted by Crippen LogP contribution is -2.30. The van der Waals surface area contributed by atoms with Crippen molar-refractivity contribution in [3.8, 4) is 11.5 Å². The summed E-state index contributed by atoms with van der Waals surface area (Å²) in [6, 6.07) is 13.8. The van der Waals surface area contributed by atoms with Gasteiger partial charge in [-0.1, -0.05) is 30.3 Å². The van der Waals surface area contributed by atoms with Crippen LogP contribution >= 0.6 is 0 Å². The van der Waals surface area contributed by atoms with Crippen LogP contribution in [0.15, 0.2) is 42.5 Å². The molecule has 1 unspecified atom stereocenters. The molecule has 0 fully saturated rings. The van der Waals surface area contributed by atoms with E-state index in [1.54, 1.807) is 26.4 Å². The van der Waals surface area contributed by atoms with Crippen LogP contribution in [-0.4, -0.2) is 32.1 Å². The first-order valence-corrected chi connectivity index (χ1v) is 7.73. The normalized spacial score (nSPS) is 15.9. The quantitative estimate of drug-likeness (QED) is 0.868. The van der Waals surface area contributed by atoms with E-state index in [0.717, 1.165) is 12.8 Å². The lowest BCUT2D eigenvalue weighted by molar-refractivity contribution is 0.0726. The maximum Gasteiger partial charge on any atom is 0.258 e. The van der Waals surface area contributed by atoms with Gasteiger partial charge in [0.05, 0.1) is 25.8 Å². The third-order valence-electron chi connectivity index (χ3n) is 4.52. The Balaban J connectivity index is 1.93. The Kier molecular flexibility index (Phi) is 4.24. The van der Waals surface area contributed by atoms with Crippen LogP contribution in [0, 0.1) is 0 Å². The van der Waals surface area contributed by atoms with Gasteiger partial charge < -0.3 is 14.4 Å². The Hall–Kier alpha value is -2.49. The molecule has 1 atom stereocenters. The van der Waals surface area contributed by atoms with Crippen LogP contribution in [0.1, 0.15) is 33.9 Å². The summed E-state index contributed by atoms with van der Waals surface area (Å²) in [5.41, 5.74) is 3.10. The molecule has 0 aliphatic heterocycles. The van der Waals surface area contributed by atoms with Crippen molar-refractivity contribution in [3.05, 3.63) is 59.2 Å². The third-order valence-corrected chi connectivity index (χ3v) is 4.52. The molecule has 3 rings (SSSR count). The molecule has 120 valence electrons. The Morgan fingerprint density at radius 1 is 1.09 bits per heavy atom. The van der Waals surface area contributed by atoms with Crippen LogP contribution in [0.2, 0.25) is 0 Å². The molecule has 1 aliphatic rings. The molecule has 0 heterocycles. The molecule has 1 aliphatic carbocycles. The second-order valence-corrected chi connectivity index (χ2v) is 5.71. The van der Waals surface area contributed by atoms with Crippen LogP contribution in [0.4, 0.5) is 0 Å². The van der Waals surface area contributed by atoms with E-state index in [1.165, 1.54) is 11.1 Å². The Morgan fingerprint density at radius 3 is 2.61 bits per heavy atom. The van der Waals surface area contributed by atoms with Crippen molar-refractivity contribution in [2.75, 3.05) is 21.3 Å². The monoisotopic (exact) mass is 311 g/mol. The van der Waals surface area contributed by atoms with Crippen LogP contribution in [0.3, 0.4) is 0 Å². The minimum atomic E-state index is -0.0533. The van der Waals surface area contributed by atoms with E-state index in [1.807, 2.05) is 30.1 Å². The Bertz CT molecular complexity index is 726. The maximum atomic E-state index is 13.0. The van der Waals surface area contributed by atoms with Gasteiger partial charge in [0.25, 0.3) is 5.91 Å². The molecule has 0 saturated heterocycles. The number of amides is 1. The molecule has 0 radical (unpaired) electrons. The molecule has 2 aromatic rings. The van der Waals surface area contributed by atoms with Crippen molar-refractivity contribution in [2.45, 2.75) is 18.9 Å². The summed E-state index contributed by atoms with van der Waals surface area (Å²) >= 11 is 0. The van der Waals surface area contributed by atoms with Gasteiger partial charge >= 0.3 is 0 Å². The van der Waals surface area contributed by atoms with Crippen LogP contribution < -0.4 is 9.47 Å². The van der Waals surface area contributed by atoms with Gasteiger partial charge in [-0.3, -0.25) is 4.79 Å². The molecular formula is C19H21NO3. The number of benzene rings is 2. The fraction of sp³-hybridized carbons (Fsp3) is 0.316. The highest BCUT2D eigenvalue weighted by Crippen LogP contribution is 2.37. The predicted octanol–water partition coefficient (Wildman–Crippen LogP) is 3.46. The SMILES string of the molecule is COc1cccc(C(=O)N(C)C2CCc3ccccc32)c1OC. The third kappa shape index (κ3) is 2.65. The molecule has 4 nitrogen and oxygen atoms in total. The molecule has 1 amide bonds. The van der Waals surface area contributed by atoms with Crippen molar-refractivity contribution < 1.29 is 14.3 Å². The van der Waals surface area contributed by atoms with Gasteiger partial charge in [-0.05, 0) is 36.1 Å². The van der Waals surface area contributed by atoms with Gasteiger partial charge in [-0.25, -0.2) is 0 Å². The highest BCUT2D eigenvalue weighted by atomic mass is 16.5.